The Morgan fingerprint density at radius 2 is 1.86 bits per heavy atom. The number of hydrogen-bond acceptors (Lipinski definition) is 4. The molecule has 0 aromatic heterocycles. The van der Waals surface area contributed by atoms with Crippen molar-refractivity contribution in [1.29, 1.82) is 0 Å². The molecule has 35 heavy (non-hydrogen) atoms. The van der Waals surface area contributed by atoms with Gasteiger partial charge in [-0.05, 0) is 32.6 Å². The van der Waals surface area contributed by atoms with Crippen LogP contribution in [0.2, 0.25) is 0 Å². The first-order valence-corrected chi connectivity index (χ1v) is 14.6. The van der Waals surface area contributed by atoms with E-state index in [0.717, 1.165) is 21.2 Å². The Hall–Kier alpha value is -1.67. The summed E-state index contributed by atoms with van der Waals surface area (Å²) >= 11 is 1.26. The number of Topliss-reactive ketones (excluding diaryl/α,β-unsaturated/α-hetero) is 1. The van der Waals surface area contributed by atoms with Crippen molar-refractivity contribution in [2.75, 3.05) is 13.1 Å². The number of benzene rings is 1. The zero-order valence-electron chi connectivity index (χ0n) is 21.5. The van der Waals surface area contributed by atoms with Crippen molar-refractivity contribution in [3.63, 3.8) is 0 Å². The van der Waals surface area contributed by atoms with Gasteiger partial charge in [0.1, 0.15) is 5.94 Å². The van der Waals surface area contributed by atoms with E-state index in [1.54, 1.807) is 0 Å². The van der Waals surface area contributed by atoms with Gasteiger partial charge < -0.3 is 4.90 Å². The third-order valence-corrected chi connectivity index (χ3v) is 7.79. The molecule has 2 atom stereocenters. The summed E-state index contributed by atoms with van der Waals surface area (Å²) in [6, 6.07) is 10.6. The Bertz CT molecular complexity index is 970. The normalized spacial score (nSPS) is 18.9. The molecule has 189 valence electrons. The monoisotopic (exact) mass is 679 g/mol. The number of allylic oxidation sites excluding steroid dienone is 1. The second kappa shape index (κ2) is 13.6. The minimum absolute atomic E-state index is 0.0581. The number of ketones is 1. The van der Waals surface area contributed by atoms with Gasteiger partial charge in [-0.15, -0.1) is 0 Å². The summed E-state index contributed by atoms with van der Waals surface area (Å²) in [5.74, 6) is -0.768. The van der Waals surface area contributed by atoms with Crippen LogP contribution in [0.3, 0.4) is 0 Å². The van der Waals surface area contributed by atoms with Crippen molar-refractivity contribution in [2.45, 2.75) is 76.1 Å². The molecule has 3 rings (SSSR count). The number of aliphatic imine (C=N–C) groups is 1. The van der Waals surface area contributed by atoms with Crippen LogP contribution in [-0.4, -0.2) is 67.1 Å². The number of carbonyl (C=O) groups is 1. The van der Waals surface area contributed by atoms with E-state index in [1.807, 2.05) is 38.5 Å². The summed E-state index contributed by atoms with van der Waals surface area (Å²) < 4.78 is 26.9. The average molecular weight is 679 g/mol. The standard InChI is InChI=1S/C20H28F2N2O2.C8H9.Pb/c1-5-14(4)19(26)17-6-7-24(11-18(17)23-13(2)3)16(12-25)8-15-9-20(21,22)10-15;1-2-8-6-4-3-5-7-8;/h14-15H,5-11H2,1-4H3;2-7H,1H3;. The fourth-order valence-corrected chi connectivity index (χ4v) is 5.03. The molecule has 0 bridgehead atoms. The van der Waals surface area contributed by atoms with Gasteiger partial charge in [0.05, 0.1) is 17.9 Å². The molecule has 0 saturated heterocycles. The first-order chi connectivity index (χ1) is 16.5. The summed E-state index contributed by atoms with van der Waals surface area (Å²) in [5.41, 5.74) is 4.16. The summed E-state index contributed by atoms with van der Waals surface area (Å²) in [7, 11) is 0. The Labute approximate surface area is 224 Å². The molecule has 0 N–H and O–H groups in total. The molecule has 1 aliphatic carbocycles. The fourth-order valence-electron chi connectivity index (χ4n) is 4.28. The van der Waals surface area contributed by atoms with Gasteiger partial charge in [-0.2, -0.15) is 0 Å². The maximum atomic E-state index is 13.1. The molecule has 1 aromatic rings. The summed E-state index contributed by atoms with van der Waals surface area (Å²) in [6.07, 6.45) is 1.26. The molecule has 1 aromatic carbocycles. The van der Waals surface area contributed by atoms with Gasteiger partial charge in [-0.3, -0.25) is 9.79 Å². The van der Waals surface area contributed by atoms with Gasteiger partial charge in [0.25, 0.3) is 0 Å². The minimum atomic E-state index is -2.59. The number of nitrogens with zero attached hydrogens (tertiary/aromatic N) is 2. The van der Waals surface area contributed by atoms with Crippen molar-refractivity contribution < 1.29 is 18.4 Å². The molecule has 0 amide bonds. The molecule has 1 fully saturated rings. The Kier molecular flexibility index (Phi) is 11.5. The zero-order chi connectivity index (χ0) is 26.2. The quantitative estimate of drug-likeness (QED) is 0.190. The maximum absolute atomic E-state index is 13.1. The van der Waals surface area contributed by atoms with E-state index in [1.165, 1.54) is 31.3 Å². The van der Waals surface area contributed by atoms with Gasteiger partial charge in [-0.1, -0.05) is 13.8 Å². The summed E-state index contributed by atoms with van der Waals surface area (Å²) in [5, 5.41) is 0. The topological polar surface area (TPSA) is 49.7 Å². The van der Waals surface area contributed by atoms with Crippen LogP contribution in [-0.2, 0) is 9.59 Å². The van der Waals surface area contributed by atoms with Crippen LogP contribution in [0.25, 0.3) is 0 Å². The summed E-state index contributed by atoms with van der Waals surface area (Å²) in [4.78, 5) is 30.5. The Morgan fingerprint density at radius 1 is 1.23 bits per heavy atom. The SMILES string of the molecule is CCC(C)C(=O)C1=C(N=C(C)C)CN(C(=C=O)CC2CC(F)(F)C2)CC1.C[CH]([Pb])c1ccccc1. The Morgan fingerprint density at radius 3 is 2.31 bits per heavy atom. The molecule has 7 heteroatoms. The molecule has 1 heterocycles. The molecule has 2 unspecified atom stereocenters. The third-order valence-electron chi connectivity index (χ3n) is 6.49. The third kappa shape index (κ3) is 9.05. The van der Waals surface area contributed by atoms with Gasteiger partial charge >= 0.3 is 72.1 Å². The first kappa shape index (κ1) is 29.6. The van der Waals surface area contributed by atoms with Crippen molar-refractivity contribution in [3.8, 4) is 0 Å². The van der Waals surface area contributed by atoms with Crippen LogP contribution < -0.4 is 0 Å². The molecular formula is C28H37F2N2O2Pb. The van der Waals surface area contributed by atoms with E-state index in [9.17, 15) is 18.4 Å². The van der Waals surface area contributed by atoms with Gasteiger partial charge in [0.2, 0.25) is 5.92 Å². The molecule has 4 nitrogen and oxygen atoms in total. The molecule has 1 aliphatic heterocycles. The molecule has 1 saturated carbocycles. The Balaban J connectivity index is 0.000000402. The van der Waals surface area contributed by atoms with Gasteiger partial charge in [0.15, 0.2) is 5.78 Å². The molecular weight excluding hydrogens is 642 g/mol. The number of alkyl halides is 2. The summed E-state index contributed by atoms with van der Waals surface area (Å²) in [6.45, 7) is 10.8. The van der Waals surface area contributed by atoms with Crippen LogP contribution in [0, 0.1) is 11.8 Å². The van der Waals surface area contributed by atoms with Gasteiger partial charge in [0, 0.05) is 43.0 Å². The van der Waals surface area contributed by atoms with Crippen molar-refractivity contribution in [2.24, 2.45) is 16.8 Å². The van der Waals surface area contributed by atoms with Crippen LogP contribution in [0.4, 0.5) is 8.78 Å². The van der Waals surface area contributed by atoms with E-state index in [0.29, 0.717) is 37.3 Å². The van der Waals surface area contributed by atoms with E-state index < -0.39 is 5.92 Å². The van der Waals surface area contributed by atoms with Crippen LogP contribution in [0.5, 0.6) is 0 Å². The van der Waals surface area contributed by atoms with E-state index >= 15 is 0 Å². The predicted octanol–water partition coefficient (Wildman–Crippen LogP) is 6.11. The number of hydrogen-bond donors (Lipinski definition) is 0. The van der Waals surface area contributed by atoms with Crippen molar-refractivity contribution in [3.05, 3.63) is 52.9 Å². The van der Waals surface area contributed by atoms with Crippen LogP contribution >= 0.6 is 0 Å². The zero-order valence-corrected chi connectivity index (χ0v) is 25.4. The van der Waals surface area contributed by atoms with Crippen molar-refractivity contribution in [1.82, 2.24) is 4.90 Å². The van der Waals surface area contributed by atoms with Crippen molar-refractivity contribution >= 4 is 43.2 Å². The van der Waals surface area contributed by atoms with Crippen LogP contribution in [0.1, 0.15) is 75.8 Å². The number of rotatable bonds is 8. The number of halogens is 2. The second-order valence-corrected chi connectivity index (χ2v) is 13.2. The van der Waals surface area contributed by atoms with Gasteiger partial charge in [-0.25, -0.2) is 13.6 Å². The number of carbonyl (C=O) groups excluding carboxylic acids is 2. The van der Waals surface area contributed by atoms with E-state index in [-0.39, 0.29) is 30.5 Å². The predicted molar refractivity (Wildman–Crippen MR) is 139 cm³/mol. The van der Waals surface area contributed by atoms with Crippen LogP contribution in [0.15, 0.2) is 52.3 Å². The molecule has 3 radical (unpaired) electrons. The first-order valence-electron chi connectivity index (χ1n) is 12.4. The average Bonchev–Trinajstić information content (AvgIpc) is 2.80. The van der Waals surface area contributed by atoms with E-state index in [2.05, 4.69) is 42.2 Å². The van der Waals surface area contributed by atoms with E-state index in [4.69, 9.17) is 0 Å². The molecule has 0 spiro atoms. The molecule has 2 aliphatic rings. The fraction of sp³-hybridized carbons (Fsp3) is 0.571. The second-order valence-electron chi connectivity index (χ2n) is 9.84.